The monoisotopic (exact) mass is 230 g/mol. The second kappa shape index (κ2) is 5.26. The predicted octanol–water partition coefficient (Wildman–Crippen LogP) is 3.76. The minimum absolute atomic E-state index is 0.116. The van der Waals surface area contributed by atoms with Gasteiger partial charge in [-0.2, -0.15) is 0 Å². The average Bonchev–Trinajstić information content (AvgIpc) is 2.24. The molecule has 0 aliphatic carbocycles. The molecule has 0 unspecified atom stereocenters. The number of allylic oxidation sites excluding steroid dienone is 1. The molecule has 17 heavy (non-hydrogen) atoms. The van der Waals surface area contributed by atoms with Gasteiger partial charge in [-0.25, -0.2) is 0 Å². The molecule has 0 spiro atoms. The van der Waals surface area contributed by atoms with Crippen molar-refractivity contribution in [2.45, 2.75) is 39.5 Å². The molecule has 1 heterocycles. The molecule has 0 aliphatic heterocycles. The van der Waals surface area contributed by atoms with Crippen molar-refractivity contribution in [2.24, 2.45) is 4.99 Å². The Morgan fingerprint density at radius 1 is 1.35 bits per heavy atom. The van der Waals surface area contributed by atoms with Crippen molar-refractivity contribution < 1.29 is 0 Å². The van der Waals surface area contributed by atoms with Crippen LogP contribution >= 0.6 is 0 Å². The molecule has 1 rings (SSSR count). The molecule has 2 heteroatoms. The van der Waals surface area contributed by atoms with E-state index in [0.717, 1.165) is 23.3 Å². The third kappa shape index (κ3) is 3.81. The lowest BCUT2D eigenvalue weighted by atomic mass is 9.87. The molecule has 1 aromatic heterocycles. The van der Waals surface area contributed by atoms with Crippen molar-refractivity contribution >= 4 is 5.71 Å². The maximum Gasteiger partial charge on any atom is 0.0472 e. The first-order valence-corrected chi connectivity index (χ1v) is 5.90. The largest absolute Gasteiger partial charge is 0.292 e. The van der Waals surface area contributed by atoms with Gasteiger partial charge in [0.1, 0.15) is 0 Å². The van der Waals surface area contributed by atoms with Crippen molar-refractivity contribution in [1.29, 1.82) is 0 Å². The normalized spacial score (nSPS) is 12.6. The van der Waals surface area contributed by atoms with Crippen LogP contribution in [0.5, 0.6) is 0 Å². The molecule has 1 aromatic rings. The summed E-state index contributed by atoms with van der Waals surface area (Å²) in [6.07, 6.45) is 4.61. The summed E-state index contributed by atoms with van der Waals surface area (Å²) in [6, 6.07) is 2.18. The highest BCUT2D eigenvalue weighted by Gasteiger charge is 2.15. The molecule has 0 bridgehead atoms. The van der Waals surface area contributed by atoms with Gasteiger partial charge >= 0.3 is 0 Å². The zero-order valence-corrected chi connectivity index (χ0v) is 11.5. The van der Waals surface area contributed by atoms with Crippen molar-refractivity contribution in [3.05, 3.63) is 41.7 Å². The number of hydrogen-bond acceptors (Lipinski definition) is 2. The Hall–Kier alpha value is -1.44. The highest BCUT2D eigenvalue weighted by molar-refractivity contribution is 6.01. The summed E-state index contributed by atoms with van der Waals surface area (Å²) in [6.45, 7) is 12.5. The van der Waals surface area contributed by atoms with Gasteiger partial charge < -0.3 is 0 Å². The Bertz CT molecular complexity index is 436. The molecule has 0 atom stereocenters. The topological polar surface area (TPSA) is 25.2 Å². The van der Waals surface area contributed by atoms with Gasteiger partial charge in [0.2, 0.25) is 0 Å². The summed E-state index contributed by atoms with van der Waals surface area (Å²) in [7, 11) is 1.82. The number of pyridine rings is 1. The van der Waals surface area contributed by atoms with Gasteiger partial charge in [0.15, 0.2) is 0 Å². The van der Waals surface area contributed by atoms with Crippen molar-refractivity contribution in [1.82, 2.24) is 4.98 Å². The summed E-state index contributed by atoms with van der Waals surface area (Å²) in [5.74, 6) is 0. The molecular formula is C15H22N2. The number of hydrogen-bond donors (Lipinski definition) is 0. The molecule has 0 saturated heterocycles. The van der Waals surface area contributed by atoms with Crippen LogP contribution in [0, 0.1) is 0 Å². The van der Waals surface area contributed by atoms with Crippen LogP contribution in [0.2, 0.25) is 0 Å². The molecule has 0 radical (unpaired) electrons. The van der Waals surface area contributed by atoms with E-state index < -0.39 is 0 Å². The molecule has 0 N–H and O–H groups in total. The molecule has 92 valence electrons. The van der Waals surface area contributed by atoms with Crippen molar-refractivity contribution in [3.8, 4) is 0 Å². The van der Waals surface area contributed by atoms with Crippen LogP contribution in [-0.4, -0.2) is 17.7 Å². The standard InChI is InChI=1S/C15H22N2/c1-11(2)7-14(16-6)12-8-13(10-17-9-12)15(3,4)5/h8-10H,1,7H2,2-6H3/b16-14+. The van der Waals surface area contributed by atoms with E-state index in [1.807, 2.05) is 26.4 Å². The van der Waals surface area contributed by atoms with E-state index in [9.17, 15) is 0 Å². The van der Waals surface area contributed by atoms with E-state index in [-0.39, 0.29) is 5.41 Å². The van der Waals surface area contributed by atoms with Crippen LogP contribution in [0.4, 0.5) is 0 Å². The molecular weight excluding hydrogens is 208 g/mol. The Labute approximate surface area is 105 Å². The summed E-state index contributed by atoms with van der Waals surface area (Å²) in [5, 5.41) is 0. The van der Waals surface area contributed by atoms with Crippen LogP contribution in [0.25, 0.3) is 0 Å². The van der Waals surface area contributed by atoms with Gasteiger partial charge in [0.05, 0.1) is 0 Å². The molecule has 0 aliphatic rings. The second-order valence-corrected chi connectivity index (χ2v) is 5.52. The highest BCUT2D eigenvalue weighted by Crippen LogP contribution is 2.22. The third-order valence-corrected chi connectivity index (χ3v) is 2.68. The fourth-order valence-corrected chi connectivity index (χ4v) is 1.60. The molecule has 0 fully saturated rings. The smallest absolute Gasteiger partial charge is 0.0472 e. The lowest BCUT2D eigenvalue weighted by Crippen LogP contribution is -2.13. The molecule has 2 nitrogen and oxygen atoms in total. The maximum atomic E-state index is 4.34. The van der Waals surface area contributed by atoms with Gasteiger partial charge in [-0.05, 0) is 24.0 Å². The first kappa shape index (κ1) is 13.6. The molecule has 0 saturated carbocycles. The maximum absolute atomic E-state index is 4.34. The average molecular weight is 230 g/mol. The van der Waals surface area contributed by atoms with Gasteiger partial charge in [-0.1, -0.05) is 32.9 Å². The second-order valence-electron chi connectivity index (χ2n) is 5.52. The minimum Gasteiger partial charge on any atom is -0.292 e. The first-order chi connectivity index (χ1) is 7.84. The Kier molecular flexibility index (Phi) is 4.22. The van der Waals surface area contributed by atoms with Crippen LogP contribution < -0.4 is 0 Å². The van der Waals surface area contributed by atoms with Crippen LogP contribution in [0.15, 0.2) is 35.6 Å². The lowest BCUT2D eigenvalue weighted by molar-refractivity contribution is 0.587. The van der Waals surface area contributed by atoms with E-state index in [1.165, 1.54) is 5.56 Å². The zero-order valence-electron chi connectivity index (χ0n) is 11.5. The number of nitrogens with zero attached hydrogens (tertiary/aromatic N) is 2. The number of aromatic nitrogens is 1. The lowest BCUT2D eigenvalue weighted by Gasteiger charge is -2.19. The van der Waals surface area contributed by atoms with E-state index in [0.29, 0.717) is 0 Å². The summed E-state index contributed by atoms with van der Waals surface area (Å²) < 4.78 is 0. The Morgan fingerprint density at radius 2 is 2.00 bits per heavy atom. The minimum atomic E-state index is 0.116. The van der Waals surface area contributed by atoms with Gasteiger partial charge in [0.25, 0.3) is 0 Å². The quantitative estimate of drug-likeness (QED) is 0.573. The van der Waals surface area contributed by atoms with Gasteiger partial charge in [0, 0.05) is 37.1 Å². The molecule has 0 aromatic carbocycles. The van der Waals surface area contributed by atoms with Gasteiger partial charge in [-0.3, -0.25) is 9.98 Å². The van der Waals surface area contributed by atoms with E-state index in [1.54, 1.807) is 0 Å². The Balaban J connectivity index is 3.10. The Morgan fingerprint density at radius 3 is 2.47 bits per heavy atom. The van der Waals surface area contributed by atoms with E-state index >= 15 is 0 Å². The van der Waals surface area contributed by atoms with Crippen LogP contribution in [-0.2, 0) is 5.41 Å². The summed E-state index contributed by atoms with van der Waals surface area (Å²) >= 11 is 0. The first-order valence-electron chi connectivity index (χ1n) is 5.90. The zero-order chi connectivity index (χ0) is 13.1. The third-order valence-electron chi connectivity index (χ3n) is 2.68. The molecule has 0 amide bonds. The SMILES string of the molecule is C=C(C)C/C(=N\C)c1cncc(C(C)(C)C)c1. The summed E-state index contributed by atoms with van der Waals surface area (Å²) in [5.41, 5.74) is 4.62. The summed E-state index contributed by atoms with van der Waals surface area (Å²) in [4.78, 5) is 8.65. The van der Waals surface area contributed by atoms with Gasteiger partial charge in [-0.15, -0.1) is 0 Å². The van der Waals surface area contributed by atoms with Crippen molar-refractivity contribution in [2.75, 3.05) is 7.05 Å². The van der Waals surface area contributed by atoms with E-state index in [4.69, 9.17) is 0 Å². The number of rotatable bonds is 3. The van der Waals surface area contributed by atoms with Crippen LogP contribution in [0.3, 0.4) is 0 Å². The highest BCUT2D eigenvalue weighted by atomic mass is 14.7. The predicted molar refractivity (Wildman–Crippen MR) is 74.8 cm³/mol. The fraction of sp³-hybridized carbons (Fsp3) is 0.467. The fourth-order valence-electron chi connectivity index (χ4n) is 1.60. The van der Waals surface area contributed by atoms with Crippen molar-refractivity contribution in [3.63, 3.8) is 0 Å². The number of aliphatic imine (C=N–C) groups is 1. The van der Waals surface area contributed by atoms with E-state index in [2.05, 4.69) is 43.4 Å². The van der Waals surface area contributed by atoms with Crippen LogP contribution in [0.1, 0.15) is 45.2 Å².